The van der Waals surface area contributed by atoms with Crippen molar-refractivity contribution >= 4 is 11.9 Å². The number of amides is 1. The van der Waals surface area contributed by atoms with Gasteiger partial charge in [0.05, 0.1) is 19.7 Å². The highest BCUT2D eigenvalue weighted by molar-refractivity contribution is 5.89. The Labute approximate surface area is 146 Å². The largest absolute Gasteiger partial charge is 0.465 e. The second-order valence-electron chi connectivity index (χ2n) is 5.87. The van der Waals surface area contributed by atoms with E-state index in [0.29, 0.717) is 24.2 Å². The Kier molecular flexibility index (Phi) is 6.65. The van der Waals surface area contributed by atoms with E-state index in [2.05, 4.69) is 10.1 Å². The van der Waals surface area contributed by atoms with Crippen molar-refractivity contribution in [1.29, 1.82) is 0 Å². The average Bonchev–Trinajstić information content (AvgIpc) is 2.61. The molecule has 2 aromatic carbocycles. The summed E-state index contributed by atoms with van der Waals surface area (Å²) in [7, 11) is 3.17. The Hall–Kier alpha value is -2.73. The number of nitrogens with one attached hydrogen (secondary N) is 2. The van der Waals surface area contributed by atoms with E-state index in [9.17, 15) is 14.0 Å². The van der Waals surface area contributed by atoms with Gasteiger partial charge in [0.25, 0.3) is 5.91 Å². The zero-order chi connectivity index (χ0) is 18.2. The van der Waals surface area contributed by atoms with Crippen molar-refractivity contribution in [2.75, 3.05) is 20.7 Å². The van der Waals surface area contributed by atoms with Crippen molar-refractivity contribution in [2.45, 2.75) is 13.1 Å². The Morgan fingerprint density at radius 2 is 1.80 bits per heavy atom. The van der Waals surface area contributed by atoms with Crippen LogP contribution in [0.1, 0.15) is 21.5 Å². The molecular formula is C19H22FN2O3+. The van der Waals surface area contributed by atoms with Gasteiger partial charge in [-0.1, -0.05) is 30.3 Å². The maximum absolute atomic E-state index is 13.6. The number of halogens is 1. The maximum atomic E-state index is 13.6. The first kappa shape index (κ1) is 18.6. The molecule has 2 N–H and O–H groups in total. The Bertz CT molecular complexity index is 732. The molecule has 0 fully saturated rings. The molecule has 0 saturated carbocycles. The summed E-state index contributed by atoms with van der Waals surface area (Å²) in [5, 5.41) is 2.82. The lowest BCUT2D eigenvalue weighted by Gasteiger charge is -2.14. The summed E-state index contributed by atoms with van der Waals surface area (Å²) in [6, 6.07) is 13.4. The van der Waals surface area contributed by atoms with Crippen LogP contribution in [0.5, 0.6) is 0 Å². The van der Waals surface area contributed by atoms with E-state index >= 15 is 0 Å². The van der Waals surface area contributed by atoms with Gasteiger partial charge in [0.2, 0.25) is 0 Å². The highest BCUT2D eigenvalue weighted by Gasteiger charge is 2.12. The molecule has 0 aliphatic heterocycles. The van der Waals surface area contributed by atoms with Crippen LogP contribution >= 0.6 is 0 Å². The van der Waals surface area contributed by atoms with E-state index in [1.54, 1.807) is 42.5 Å². The Morgan fingerprint density at radius 3 is 2.44 bits per heavy atom. The molecule has 25 heavy (non-hydrogen) atoms. The van der Waals surface area contributed by atoms with Crippen LogP contribution in [-0.4, -0.2) is 32.6 Å². The highest BCUT2D eigenvalue weighted by Crippen LogP contribution is 2.06. The fourth-order valence-electron chi connectivity index (χ4n) is 2.44. The first-order valence-corrected chi connectivity index (χ1v) is 7.98. The van der Waals surface area contributed by atoms with Gasteiger partial charge in [-0.3, -0.25) is 4.79 Å². The third-order valence-corrected chi connectivity index (χ3v) is 3.78. The maximum Gasteiger partial charge on any atom is 0.337 e. The zero-order valence-corrected chi connectivity index (χ0v) is 14.3. The number of esters is 1. The first-order chi connectivity index (χ1) is 12.0. The second-order valence-corrected chi connectivity index (χ2v) is 5.87. The van der Waals surface area contributed by atoms with Crippen molar-refractivity contribution in [3.8, 4) is 0 Å². The zero-order valence-electron chi connectivity index (χ0n) is 14.3. The number of quaternary nitrogens is 1. The molecule has 0 aliphatic rings. The highest BCUT2D eigenvalue weighted by atomic mass is 19.1. The van der Waals surface area contributed by atoms with Gasteiger partial charge in [-0.25, -0.2) is 9.18 Å². The normalized spacial score (nSPS) is 11.6. The Morgan fingerprint density at radius 1 is 1.12 bits per heavy atom. The smallest absolute Gasteiger partial charge is 0.337 e. The molecule has 0 bridgehead atoms. The van der Waals surface area contributed by atoms with Crippen LogP contribution in [0.15, 0.2) is 48.5 Å². The lowest BCUT2D eigenvalue weighted by Crippen LogP contribution is -3.09. The van der Waals surface area contributed by atoms with Gasteiger partial charge in [0, 0.05) is 12.1 Å². The summed E-state index contributed by atoms with van der Waals surface area (Å²) < 4.78 is 18.3. The van der Waals surface area contributed by atoms with Crippen LogP contribution in [0.25, 0.3) is 0 Å². The quantitative estimate of drug-likeness (QED) is 0.735. The lowest BCUT2D eigenvalue weighted by molar-refractivity contribution is -0.885. The number of benzene rings is 2. The van der Waals surface area contributed by atoms with Crippen LogP contribution in [0.4, 0.5) is 4.39 Å². The van der Waals surface area contributed by atoms with Gasteiger partial charge in [-0.2, -0.15) is 0 Å². The monoisotopic (exact) mass is 345 g/mol. The molecule has 2 rings (SSSR count). The minimum Gasteiger partial charge on any atom is -0.465 e. The predicted octanol–water partition coefficient (Wildman–Crippen LogP) is 0.943. The SMILES string of the molecule is COC(=O)c1ccc(CNC(=O)C[NH+](C)Cc2ccccc2F)cc1. The van der Waals surface area contributed by atoms with E-state index < -0.39 is 5.97 Å². The molecule has 0 radical (unpaired) electrons. The number of rotatable bonds is 7. The molecule has 0 aliphatic carbocycles. The number of carbonyl (C=O) groups is 2. The summed E-state index contributed by atoms with van der Waals surface area (Å²) in [5.41, 5.74) is 1.94. The molecular weight excluding hydrogens is 323 g/mol. The third kappa shape index (κ3) is 5.69. The molecule has 0 aromatic heterocycles. The van der Waals surface area contributed by atoms with Gasteiger partial charge in [0.1, 0.15) is 12.4 Å². The summed E-state index contributed by atoms with van der Waals surface area (Å²) in [4.78, 5) is 24.3. The number of hydrogen-bond donors (Lipinski definition) is 2. The molecule has 0 saturated heterocycles. The molecule has 5 nitrogen and oxygen atoms in total. The molecule has 0 spiro atoms. The van der Waals surface area contributed by atoms with Gasteiger partial charge in [-0.15, -0.1) is 0 Å². The average molecular weight is 345 g/mol. The number of carbonyl (C=O) groups excluding carboxylic acids is 2. The van der Waals surface area contributed by atoms with Crippen LogP contribution in [0, 0.1) is 5.82 Å². The van der Waals surface area contributed by atoms with E-state index in [-0.39, 0.29) is 18.3 Å². The van der Waals surface area contributed by atoms with Crippen molar-refractivity contribution < 1.29 is 23.6 Å². The summed E-state index contributed by atoms with van der Waals surface area (Å²) >= 11 is 0. The van der Waals surface area contributed by atoms with E-state index in [1.165, 1.54) is 13.2 Å². The molecule has 1 unspecified atom stereocenters. The number of hydrogen-bond acceptors (Lipinski definition) is 3. The van der Waals surface area contributed by atoms with Crippen molar-refractivity contribution in [3.05, 3.63) is 71.0 Å². The summed E-state index contributed by atoms with van der Waals surface area (Å²) in [5.74, 6) is -0.771. The summed E-state index contributed by atoms with van der Waals surface area (Å²) in [6.45, 7) is 1.05. The minimum atomic E-state index is -0.394. The summed E-state index contributed by atoms with van der Waals surface area (Å²) in [6.07, 6.45) is 0. The van der Waals surface area contributed by atoms with Gasteiger partial charge >= 0.3 is 5.97 Å². The van der Waals surface area contributed by atoms with Crippen LogP contribution < -0.4 is 10.2 Å². The van der Waals surface area contributed by atoms with E-state index in [0.717, 1.165) is 10.5 Å². The van der Waals surface area contributed by atoms with Gasteiger partial charge < -0.3 is 15.0 Å². The van der Waals surface area contributed by atoms with Crippen LogP contribution in [-0.2, 0) is 22.6 Å². The topological polar surface area (TPSA) is 59.8 Å². The fourth-order valence-corrected chi connectivity index (χ4v) is 2.44. The molecule has 132 valence electrons. The predicted molar refractivity (Wildman–Crippen MR) is 91.5 cm³/mol. The lowest BCUT2D eigenvalue weighted by atomic mass is 10.1. The number of ether oxygens (including phenoxy) is 1. The van der Waals surface area contributed by atoms with Crippen molar-refractivity contribution in [3.63, 3.8) is 0 Å². The molecule has 1 amide bonds. The molecule has 0 heterocycles. The third-order valence-electron chi connectivity index (χ3n) is 3.78. The van der Waals surface area contributed by atoms with Gasteiger partial charge in [0.15, 0.2) is 6.54 Å². The number of methoxy groups -OCH3 is 1. The first-order valence-electron chi connectivity index (χ1n) is 7.98. The second kappa shape index (κ2) is 8.94. The standard InChI is InChI=1S/C19H21FN2O3/c1-22(12-16-5-3-4-6-17(16)20)13-18(23)21-11-14-7-9-15(10-8-14)19(24)25-2/h3-10H,11-13H2,1-2H3,(H,21,23)/p+1. The van der Waals surface area contributed by atoms with Crippen molar-refractivity contribution in [1.82, 2.24) is 5.32 Å². The van der Waals surface area contributed by atoms with E-state index in [4.69, 9.17) is 0 Å². The molecule has 6 heteroatoms. The minimum absolute atomic E-state index is 0.120. The van der Waals surface area contributed by atoms with E-state index in [1.807, 2.05) is 7.05 Å². The van der Waals surface area contributed by atoms with Crippen LogP contribution in [0.3, 0.4) is 0 Å². The number of likely N-dealkylation sites (N-methyl/N-ethyl adjacent to an activating group) is 1. The molecule has 1 atom stereocenters. The Balaban J connectivity index is 1.80. The molecule has 2 aromatic rings. The van der Waals surface area contributed by atoms with Gasteiger partial charge in [-0.05, 0) is 23.8 Å². The van der Waals surface area contributed by atoms with Crippen LogP contribution in [0.2, 0.25) is 0 Å². The van der Waals surface area contributed by atoms with Crippen molar-refractivity contribution in [2.24, 2.45) is 0 Å². The fraction of sp³-hybridized carbons (Fsp3) is 0.263.